The third kappa shape index (κ3) is 4.42. The van der Waals surface area contributed by atoms with E-state index in [-0.39, 0.29) is 5.78 Å². The lowest BCUT2D eigenvalue weighted by atomic mass is 10.1. The minimum Gasteiger partial charge on any atom is -0.493 e. The molecule has 3 aromatic rings. The Labute approximate surface area is 152 Å². The highest BCUT2D eigenvalue weighted by atomic mass is 16.5. The third-order valence-corrected chi connectivity index (χ3v) is 3.84. The van der Waals surface area contributed by atoms with Crippen LogP contribution in [0.25, 0.3) is 6.08 Å². The summed E-state index contributed by atoms with van der Waals surface area (Å²) < 4.78 is 16.6. The van der Waals surface area contributed by atoms with Crippen LogP contribution in [0.4, 0.5) is 0 Å². The number of ether oxygens (including phenoxy) is 2. The van der Waals surface area contributed by atoms with E-state index in [0.717, 1.165) is 11.1 Å². The maximum Gasteiger partial charge on any atom is 0.221 e. The maximum atomic E-state index is 12.1. The van der Waals surface area contributed by atoms with Crippen LogP contribution in [-0.2, 0) is 6.61 Å². The standard InChI is InChI=1S/C22H20O4/c1-16-8-12-20(26-16)19(23)11-9-17-10-13-21(24-2)22(14-17)25-15-18-6-4-3-5-7-18/h3-14H,15H2,1-2H3/b11-9+. The Bertz CT molecular complexity index is 907. The van der Waals surface area contributed by atoms with Crippen molar-refractivity contribution in [1.29, 1.82) is 0 Å². The fraction of sp³-hybridized carbons (Fsp3) is 0.136. The second-order valence-corrected chi connectivity index (χ2v) is 5.79. The molecule has 0 aliphatic heterocycles. The molecule has 3 rings (SSSR count). The molecule has 0 radical (unpaired) electrons. The smallest absolute Gasteiger partial charge is 0.221 e. The van der Waals surface area contributed by atoms with E-state index in [1.165, 1.54) is 6.08 Å². The molecule has 2 aromatic carbocycles. The van der Waals surface area contributed by atoms with Gasteiger partial charge in [0.25, 0.3) is 0 Å². The second kappa shape index (κ2) is 8.21. The van der Waals surface area contributed by atoms with Crippen molar-refractivity contribution in [2.24, 2.45) is 0 Å². The largest absolute Gasteiger partial charge is 0.493 e. The normalized spacial score (nSPS) is 10.8. The van der Waals surface area contributed by atoms with Gasteiger partial charge in [-0.2, -0.15) is 0 Å². The number of ketones is 1. The molecule has 0 atom stereocenters. The maximum absolute atomic E-state index is 12.1. The summed E-state index contributed by atoms with van der Waals surface area (Å²) in [6.07, 6.45) is 3.22. The lowest BCUT2D eigenvalue weighted by Gasteiger charge is -2.11. The molecule has 1 heterocycles. The predicted molar refractivity (Wildman–Crippen MR) is 101 cm³/mol. The van der Waals surface area contributed by atoms with Crippen LogP contribution < -0.4 is 9.47 Å². The van der Waals surface area contributed by atoms with Gasteiger partial charge in [0.05, 0.1) is 7.11 Å². The van der Waals surface area contributed by atoms with Crippen LogP contribution in [0, 0.1) is 6.92 Å². The van der Waals surface area contributed by atoms with Crippen molar-refractivity contribution in [2.75, 3.05) is 7.11 Å². The number of aryl methyl sites for hydroxylation is 1. The Balaban J connectivity index is 1.74. The highest BCUT2D eigenvalue weighted by Gasteiger charge is 2.08. The van der Waals surface area contributed by atoms with E-state index in [1.807, 2.05) is 48.5 Å². The first-order chi connectivity index (χ1) is 12.7. The second-order valence-electron chi connectivity index (χ2n) is 5.79. The molecule has 1 aromatic heterocycles. The van der Waals surface area contributed by atoms with E-state index in [9.17, 15) is 4.79 Å². The number of rotatable bonds is 7. The third-order valence-electron chi connectivity index (χ3n) is 3.84. The summed E-state index contributed by atoms with van der Waals surface area (Å²) in [5.74, 6) is 2.13. The molecule has 0 unspecified atom stereocenters. The van der Waals surface area contributed by atoms with Crippen LogP contribution in [0.2, 0.25) is 0 Å². The first-order valence-corrected chi connectivity index (χ1v) is 8.29. The Kier molecular flexibility index (Phi) is 5.54. The number of benzene rings is 2. The summed E-state index contributed by atoms with van der Waals surface area (Å²) >= 11 is 0. The quantitative estimate of drug-likeness (QED) is 0.442. The van der Waals surface area contributed by atoms with Crippen LogP contribution in [0.15, 0.2) is 71.2 Å². The number of carbonyl (C=O) groups is 1. The topological polar surface area (TPSA) is 48.7 Å². The molecule has 0 bridgehead atoms. The Morgan fingerprint density at radius 3 is 2.54 bits per heavy atom. The summed E-state index contributed by atoms with van der Waals surface area (Å²) in [7, 11) is 1.60. The van der Waals surface area contributed by atoms with Gasteiger partial charge in [-0.1, -0.05) is 42.5 Å². The summed E-state index contributed by atoms with van der Waals surface area (Å²) in [6, 6.07) is 18.9. The molecule has 0 fully saturated rings. The molecule has 26 heavy (non-hydrogen) atoms. The van der Waals surface area contributed by atoms with Crippen LogP contribution >= 0.6 is 0 Å². The molecule has 0 aliphatic rings. The first kappa shape index (κ1) is 17.5. The van der Waals surface area contributed by atoms with E-state index < -0.39 is 0 Å². The van der Waals surface area contributed by atoms with Crippen molar-refractivity contribution in [3.63, 3.8) is 0 Å². The number of allylic oxidation sites excluding steroid dienone is 1. The van der Waals surface area contributed by atoms with Crippen LogP contribution in [-0.4, -0.2) is 12.9 Å². The van der Waals surface area contributed by atoms with Gasteiger partial charge in [-0.15, -0.1) is 0 Å². The lowest BCUT2D eigenvalue weighted by molar-refractivity contribution is 0.102. The molecule has 0 saturated carbocycles. The van der Waals surface area contributed by atoms with Gasteiger partial charge < -0.3 is 13.9 Å². The molecule has 0 spiro atoms. The minimum absolute atomic E-state index is 0.180. The van der Waals surface area contributed by atoms with Crippen LogP contribution in [0.5, 0.6) is 11.5 Å². The highest BCUT2D eigenvalue weighted by molar-refractivity contribution is 6.04. The van der Waals surface area contributed by atoms with Crippen molar-refractivity contribution in [1.82, 2.24) is 0 Å². The molecule has 132 valence electrons. The molecule has 0 amide bonds. The summed E-state index contributed by atoms with van der Waals surface area (Å²) in [6.45, 7) is 2.25. The summed E-state index contributed by atoms with van der Waals surface area (Å²) in [4.78, 5) is 12.1. The molecular formula is C22H20O4. The van der Waals surface area contributed by atoms with Crippen LogP contribution in [0.1, 0.15) is 27.4 Å². The fourth-order valence-corrected chi connectivity index (χ4v) is 2.47. The van der Waals surface area contributed by atoms with E-state index in [1.54, 1.807) is 32.2 Å². The number of methoxy groups -OCH3 is 1. The van der Waals surface area contributed by atoms with E-state index in [4.69, 9.17) is 13.9 Å². The van der Waals surface area contributed by atoms with Crippen molar-refractivity contribution in [3.8, 4) is 11.5 Å². The minimum atomic E-state index is -0.180. The highest BCUT2D eigenvalue weighted by Crippen LogP contribution is 2.29. The first-order valence-electron chi connectivity index (χ1n) is 8.29. The SMILES string of the molecule is COc1ccc(/C=C/C(=O)c2ccc(C)o2)cc1OCc1ccccc1. The fourth-order valence-electron chi connectivity index (χ4n) is 2.47. The van der Waals surface area contributed by atoms with Gasteiger partial charge >= 0.3 is 0 Å². The van der Waals surface area contributed by atoms with E-state index >= 15 is 0 Å². The van der Waals surface area contributed by atoms with Crippen LogP contribution in [0.3, 0.4) is 0 Å². The van der Waals surface area contributed by atoms with Crippen molar-refractivity contribution in [2.45, 2.75) is 13.5 Å². The average molecular weight is 348 g/mol. The molecule has 0 saturated heterocycles. The van der Waals surface area contributed by atoms with Crippen molar-refractivity contribution in [3.05, 3.63) is 89.4 Å². The average Bonchev–Trinajstić information content (AvgIpc) is 3.12. The molecule has 4 nitrogen and oxygen atoms in total. The van der Waals surface area contributed by atoms with Gasteiger partial charge in [-0.05, 0) is 48.4 Å². The van der Waals surface area contributed by atoms with Gasteiger partial charge in [-0.3, -0.25) is 4.79 Å². The number of furan rings is 1. The number of hydrogen-bond acceptors (Lipinski definition) is 4. The molecule has 4 heteroatoms. The molecule has 0 N–H and O–H groups in total. The van der Waals surface area contributed by atoms with Gasteiger partial charge in [0, 0.05) is 0 Å². The monoisotopic (exact) mass is 348 g/mol. The molecule has 0 aliphatic carbocycles. The summed E-state index contributed by atoms with van der Waals surface area (Å²) in [5, 5.41) is 0. The predicted octanol–water partition coefficient (Wildman–Crippen LogP) is 5.07. The summed E-state index contributed by atoms with van der Waals surface area (Å²) in [5.41, 5.74) is 1.91. The Morgan fingerprint density at radius 1 is 1.04 bits per heavy atom. The van der Waals surface area contributed by atoms with Gasteiger partial charge in [-0.25, -0.2) is 0 Å². The zero-order valence-electron chi connectivity index (χ0n) is 14.8. The van der Waals surface area contributed by atoms with Gasteiger partial charge in [0.2, 0.25) is 5.78 Å². The number of carbonyl (C=O) groups excluding carboxylic acids is 1. The van der Waals surface area contributed by atoms with Gasteiger partial charge in [0.1, 0.15) is 12.4 Å². The zero-order chi connectivity index (χ0) is 18.4. The molecular weight excluding hydrogens is 328 g/mol. The van der Waals surface area contributed by atoms with E-state index in [2.05, 4.69) is 0 Å². The van der Waals surface area contributed by atoms with Crippen molar-refractivity contribution >= 4 is 11.9 Å². The van der Waals surface area contributed by atoms with Gasteiger partial charge in [0.15, 0.2) is 17.3 Å². The number of hydrogen-bond donors (Lipinski definition) is 0. The van der Waals surface area contributed by atoms with E-state index in [0.29, 0.717) is 29.6 Å². The Morgan fingerprint density at radius 2 is 1.85 bits per heavy atom. The lowest BCUT2D eigenvalue weighted by Crippen LogP contribution is -1.98. The Hall–Kier alpha value is -3.27. The zero-order valence-corrected chi connectivity index (χ0v) is 14.8. The van der Waals surface area contributed by atoms with Crippen molar-refractivity contribution < 1.29 is 18.7 Å².